The number of esters is 1. The van der Waals surface area contributed by atoms with E-state index in [0.717, 1.165) is 16.6 Å². The van der Waals surface area contributed by atoms with E-state index in [-0.39, 0.29) is 17.8 Å². The van der Waals surface area contributed by atoms with Crippen LogP contribution >= 0.6 is 15.9 Å². The SMILES string of the molecule is CCOC(=O)C1CC1c1cc(Br)ccn1. The van der Waals surface area contributed by atoms with Gasteiger partial charge in [0.15, 0.2) is 0 Å². The molecule has 0 radical (unpaired) electrons. The van der Waals surface area contributed by atoms with Crippen molar-refractivity contribution >= 4 is 21.9 Å². The Morgan fingerprint density at radius 1 is 1.73 bits per heavy atom. The smallest absolute Gasteiger partial charge is 0.309 e. The molecule has 0 amide bonds. The maximum atomic E-state index is 11.4. The Morgan fingerprint density at radius 2 is 2.53 bits per heavy atom. The third-order valence-electron chi connectivity index (χ3n) is 2.50. The Balaban J connectivity index is 2.01. The number of hydrogen-bond acceptors (Lipinski definition) is 3. The summed E-state index contributed by atoms with van der Waals surface area (Å²) in [5.41, 5.74) is 0.974. The molecule has 0 saturated heterocycles. The van der Waals surface area contributed by atoms with Gasteiger partial charge in [-0.2, -0.15) is 0 Å². The molecule has 4 heteroatoms. The molecule has 2 atom stereocenters. The maximum Gasteiger partial charge on any atom is 0.309 e. The molecule has 3 nitrogen and oxygen atoms in total. The van der Waals surface area contributed by atoms with Gasteiger partial charge in [-0.15, -0.1) is 0 Å². The number of aromatic nitrogens is 1. The lowest BCUT2D eigenvalue weighted by Gasteiger charge is -2.01. The summed E-state index contributed by atoms with van der Waals surface area (Å²) in [6, 6.07) is 3.84. The van der Waals surface area contributed by atoms with E-state index in [1.165, 1.54) is 0 Å². The second-order valence-electron chi connectivity index (χ2n) is 3.60. The summed E-state index contributed by atoms with van der Waals surface area (Å²) in [6.45, 7) is 2.28. The lowest BCUT2D eigenvalue weighted by molar-refractivity contribution is -0.144. The highest BCUT2D eigenvalue weighted by Gasteiger charge is 2.46. The minimum absolute atomic E-state index is 0.0201. The molecule has 0 bridgehead atoms. The van der Waals surface area contributed by atoms with Crippen LogP contribution in [0.15, 0.2) is 22.8 Å². The number of pyridine rings is 1. The normalized spacial score (nSPS) is 23.6. The largest absolute Gasteiger partial charge is 0.466 e. The van der Waals surface area contributed by atoms with E-state index in [0.29, 0.717) is 6.61 Å². The van der Waals surface area contributed by atoms with Gasteiger partial charge >= 0.3 is 5.97 Å². The van der Waals surface area contributed by atoms with Crippen LogP contribution in [0, 0.1) is 5.92 Å². The molecule has 0 aliphatic heterocycles. The molecule has 1 aromatic heterocycles. The molecular formula is C11H12BrNO2. The van der Waals surface area contributed by atoms with Gasteiger partial charge in [0.05, 0.1) is 12.5 Å². The Morgan fingerprint density at radius 3 is 3.20 bits per heavy atom. The highest BCUT2D eigenvalue weighted by Crippen LogP contribution is 2.47. The molecule has 15 heavy (non-hydrogen) atoms. The van der Waals surface area contributed by atoms with E-state index in [9.17, 15) is 4.79 Å². The first-order valence-electron chi connectivity index (χ1n) is 5.00. The summed E-state index contributed by atoms with van der Waals surface area (Å²) in [7, 11) is 0. The molecule has 0 aromatic carbocycles. The maximum absolute atomic E-state index is 11.4. The van der Waals surface area contributed by atoms with Crippen LogP contribution in [0.3, 0.4) is 0 Å². The van der Waals surface area contributed by atoms with Crippen molar-refractivity contribution in [1.29, 1.82) is 0 Å². The summed E-state index contributed by atoms with van der Waals surface area (Å²) < 4.78 is 5.97. The van der Waals surface area contributed by atoms with Gasteiger partial charge < -0.3 is 4.74 Å². The van der Waals surface area contributed by atoms with Crippen LogP contribution in [0.25, 0.3) is 0 Å². The molecule has 80 valence electrons. The van der Waals surface area contributed by atoms with Crippen LogP contribution in [-0.2, 0) is 9.53 Å². The zero-order valence-corrected chi connectivity index (χ0v) is 10.0. The van der Waals surface area contributed by atoms with Gasteiger partial charge in [0.2, 0.25) is 0 Å². The van der Waals surface area contributed by atoms with Crippen molar-refractivity contribution in [3.05, 3.63) is 28.5 Å². The molecule has 1 aliphatic rings. The van der Waals surface area contributed by atoms with Crippen LogP contribution in [0.5, 0.6) is 0 Å². The van der Waals surface area contributed by atoms with Crippen LogP contribution in [0.2, 0.25) is 0 Å². The molecule has 1 heterocycles. The summed E-state index contributed by atoms with van der Waals surface area (Å²) >= 11 is 3.39. The predicted octanol–water partition coefficient (Wildman–Crippen LogP) is 2.51. The number of halogens is 1. The molecule has 0 N–H and O–H groups in total. The fraction of sp³-hybridized carbons (Fsp3) is 0.455. The third kappa shape index (κ3) is 2.37. The summed E-state index contributed by atoms with van der Waals surface area (Å²) in [5, 5.41) is 0. The van der Waals surface area contributed by atoms with E-state index >= 15 is 0 Å². The highest BCUT2D eigenvalue weighted by molar-refractivity contribution is 9.10. The molecule has 2 rings (SSSR count). The molecule has 1 fully saturated rings. The Bertz CT molecular complexity index is 381. The average molecular weight is 270 g/mol. The molecular weight excluding hydrogens is 258 g/mol. The second-order valence-corrected chi connectivity index (χ2v) is 4.52. The number of ether oxygens (including phenoxy) is 1. The zero-order chi connectivity index (χ0) is 10.8. The van der Waals surface area contributed by atoms with E-state index in [4.69, 9.17) is 4.74 Å². The molecule has 0 spiro atoms. The molecule has 1 saturated carbocycles. The lowest BCUT2D eigenvalue weighted by atomic mass is 10.2. The summed E-state index contributed by atoms with van der Waals surface area (Å²) in [4.78, 5) is 15.7. The van der Waals surface area contributed by atoms with Crippen molar-refractivity contribution in [3.63, 3.8) is 0 Å². The Labute approximate surface area is 97.0 Å². The quantitative estimate of drug-likeness (QED) is 0.792. The fourth-order valence-electron chi connectivity index (χ4n) is 1.66. The molecule has 2 unspecified atom stereocenters. The van der Waals surface area contributed by atoms with Crippen LogP contribution in [0.4, 0.5) is 0 Å². The predicted molar refractivity (Wildman–Crippen MR) is 59.4 cm³/mol. The average Bonchev–Trinajstić information content (AvgIpc) is 2.97. The molecule has 1 aliphatic carbocycles. The van der Waals surface area contributed by atoms with E-state index in [1.54, 1.807) is 6.20 Å². The number of nitrogens with zero attached hydrogens (tertiary/aromatic N) is 1. The molecule has 1 aromatic rings. The van der Waals surface area contributed by atoms with Crippen molar-refractivity contribution in [2.75, 3.05) is 6.61 Å². The Hall–Kier alpha value is -0.900. The van der Waals surface area contributed by atoms with E-state index < -0.39 is 0 Å². The van der Waals surface area contributed by atoms with Crippen molar-refractivity contribution in [1.82, 2.24) is 4.98 Å². The van der Waals surface area contributed by atoms with E-state index in [2.05, 4.69) is 20.9 Å². The summed E-state index contributed by atoms with van der Waals surface area (Å²) in [6.07, 6.45) is 2.61. The van der Waals surface area contributed by atoms with Crippen molar-refractivity contribution < 1.29 is 9.53 Å². The first-order chi connectivity index (χ1) is 7.22. The van der Waals surface area contributed by atoms with Crippen molar-refractivity contribution in [2.45, 2.75) is 19.3 Å². The number of rotatable bonds is 3. The monoisotopic (exact) mass is 269 g/mol. The minimum atomic E-state index is -0.0933. The lowest BCUT2D eigenvalue weighted by Crippen LogP contribution is -2.07. The second kappa shape index (κ2) is 4.31. The Kier molecular flexibility index (Phi) is 3.05. The standard InChI is InChI=1S/C11H12BrNO2/c1-2-15-11(14)9-6-8(9)10-5-7(12)3-4-13-10/h3-5,8-9H,2,6H2,1H3. The van der Waals surface area contributed by atoms with Crippen molar-refractivity contribution in [2.24, 2.45) is 5.92 Å². The van der Waals surface area contributed by atoms with Crippen LogP contribution < -0.4 is 0 Å². The topological polar surface area (TPSA) is 39.2 Å². The van der Waals surface area contributed by atoms with Gasteiger partial charge in [0.1, 0.15) is 0 Å². The number of carbonyl (C=O) groups is 1. The van der Waals surface area contributed by atoms with Gasteiger partial charge in [-0.05, 0) is 25.5 Å². The number of carbonyl (C=O) groups excluding carboxylic acids is 1. The third-order valence-corrected chi connectivity index (χ3v) is 3.00. The minimum Gasteiger partial charge on any atom is -0.466 e. The van der Waals surface area contributed by atoms with Gasteiger partial charge in [0, 0.05) is 22.3 Å². The zero-order valence-electron chi connectivity index (χ0n) is 8.44. The highest BCUT2D eigenvalue weighted by atomic mass is 79.9. The first-order valence-corrected chi connectivity index (χ1v) is 5.79. The summed E-state index contributed by atoms with van der Waals surface area (Å²) in [5.74, 6) is 0.178. The fourth-order valence-corrected chi connectivity index (χ4v) is 2.01. The first kappa shape index (κ1) is 10.6. The van der Waals surface area contributed by atoms with Gasteiger partial charge in [-0.3, -0.25) is 9.78 Å². The number of hydrogen-bond donors (Lipinski definition) is 0. The van der Waals surface area contributed by atoms with Crippen LogP contribution in [0.1, 0.15) is 25.0 Å². The van der Waals surface area contributed by atoms with E-state index in [1.807, 2.05) is 19.1 Å². The van der Waals surface area contributed by atoms with Gasteiger partial charge in [-0.25, -0.2) is 0 Å². The van der Waals surface area contributed by atoms with Gasteiger partial charge in [-0.1, -0.05) is 15.9 Å². The van der Waals surface area contributed by atoms with Crippen LogP contribution in [-0.4, -0.2) is 17.6 Å². The van der Waals surface area contributed by atoms with Gasteiger partial charge in [0.25, 0.3) is 0 Å². The van der Waals surface area contributed by atoms with Crippen molar-refractivity contribution in [3.8, 4) is 0 Å².